The van der Waals surface area contributed by atoms with Crippen LogP contribution >= 0.6 is 32.6 Å². The average Bonchev–Trinajstić information content (AvgIpc) is 0.722. The van der Waals surface area contributed by atoms with Crippen LogP contribution in [-0.2, 0) is 4.57 Å². The molecule has 52 valence electrons. The summed E-state index contributed by atoms with van der Waals surface area (Å²) in [5.41, 5.74) is 0. The molecule has 0 unspecified atom stereocenters. The Balaban J connectivity index is -0.00000000533. The summed E-state index contributed by atoms with van der Waals surface area (Å²) in [6.45, 7) is 0. The molecule has 0 aliphatic rings. The van der Waals surface area contributed by atoms with Gasteiger partial charge in [-0.25, -0.2) is 4.57 Å². The third-order valence-corrected chi connectivity index (χ3v) is 0. The van der Waals surface area contributed by atoms with Crippen molar-refractivity contribution < 1.29 is 125 Å². The number of hydrogen-bond donors (Lipinski definition) is 3. The predicted octanol–water partition coefficient (Wildman–Crippen LogP) is -5.85. The van der Waals surface area contributed by atoms with E-state index in [0.29, 0.717) is 0 Å². The van der Waals surface area contributed by atoms with E-state index in [0.717, 1.165) is 0 Å². The van der Waals surface area contributed by atoms with Crippen molar-refractivity contribution in [1.82, 2.24) is 0 Å². The maximum absolute atomic E-state index is 8.88. The van der Waals surface area contributed by atoms with E-state index in [2.05, 4.69) is 0 Å². The number of halogens is 2. The molecule has 0 atom stereocenters. The van der Waals surface area contributed by atoms with Gasteiger partial charge in [0.2, 0.25) is 0 Å². The second-order valence-corrected chi connectivity index (χ2v) is 1.54. The second-order valence-electron chi connectivity index (χ2n) is 0.513. The minimum Gasteiger partial charge on any atom is -1.00 e. The van der Waals surface area contributed by atoms with Gasteiger partial charge in [0.05, 0.1) is 0 Å². The van der Waals surface area contributed by atoms with Crippen molar-refractivity contribution in [2.75, 3.05) is 0 Å². The van der Waals surface area contributed by atoms with E-state index in [-0.39, 0.29) is 130 Å². The number of hydrogen-bond acceptors (Lipinski definition) is 1. The van der Waals surface area contributed by atoms with Gasteiger partial charge in [-0.1, -0.05) is 0 Å². The molecule has 4 nitrogen and oxygen atoms in total. The standard InChI is InChI=1S/2ClH.2K.H3O4P.2H/c;;;;1-5(2,3)4;;/h2*1H;;;(H3,1,2,3,4);;/q;;2*+1;;2*-1. The van der Waals surface area contributed by atoms with Crippen LogP contribution in [0.15, 0.2) is 0 Å². The molecule has 0 amide bonds. The Bertz CT molecular complexity index is 70.2. The van der Waals surface area contributed by atoms with Gasteiger partial charge in [0.15, 0.2) is 0 Å². The molecule has 9 heteroatoms. The first kappa shape index (κ1) is 29.3. The van der Waals surface area contributed by atoms with Crippen molar-refractivity contribution in [2.24, 2.45) is 0 Å². The summed E-state index contributed by atoms with van der Waals surface area (Å²) >= 11 is 0. The summed E-state index contributed by atoms with van der Waals surface area (Å²) < 4.78 is 8.88. The van der Waals surface area contributed by atoms with Crippen molar-refractivity contribution in [3.8, 4) is 0 Å². The second kappa shape index (κ2) is 14.5. The SMILES string of the molecule is Cl.Cl.O=P(O)(O)O.[H-].[H-].[K+].[K+]. The first-order chi connectivity index (χ1) is 2.00. The topological polar surface area (TPSA) is 77.8 Å². The fourth-order valence-corrected chi connectivity index (χ4v) is 0. The molecule has 0 saturated carbocycles. The molecule has 0 aliphatic carbocycles. The van der Waals surface area contributed by atoms with Crippen LogP contribution in [0.25, 0.3) is 0 Å². The van der Waals surface area contributed by atoms with Gasteiger partial charge in [0.25, 0.3) is 0 Å². The van der Waals surface area contributed by atoms with Crippen LogP contribution in [0.3, 0.4) is 0 Å². The minimum atomic E-state index is -4.64. The van der Waals surface area contributed by atoms with E-state index in [1.807, 2.05) is 0 Å². The average molecular weight is 251 g/mol. The summed E-state index contributed by atoms with van der Waals surface area (Å²) in [5, 5.41) is 0. The van der Waals surface area contributed by atoms with Gasteiger partial charge < -0.3 is 17.5 Å². The smallest absolute Gasteiger partial charge is 1.00 e. The van der Waals surface area contributed by atoms with Crippen LogP contribution in [0.1, 0.15) is 2.85 Å². The van der Waals surface area contributed by atoms with Gasteiger partial charge in [-0.05, 0) is 0 Å². The molecular weight excluding hydrogens is 244 g/mol. The fourth-order valence-electron chi connectivity index (χ4n) is 0. The van der Waals surface area contributed by atoms with Crippen LogP contribution in [-0.4, -0.2) is 14.7 Å². The van der Waals surface area contributed by atoms with Crippen LogP contribution in [0.5, 0.6) is 0 Å². The van der Waals surface area contributed by atoms with Crippen LogP contribution in [0.4, 0.5) is 0 Å². The molecule has 0 bridgehead atoms. The molecule has 0 aliphatic heterocycles. The molecule has 0 aromatic carbocycles. The van der Waals surface area contributed by atoms with E-state index in [4.69, 9.17) is 19.2 Å². The van der Waals surface area contributed by atoms with Crippen molar-refractivity contribution in [3.05, 3.63) is 0 Å². The van der Waals surface area contributed by atoms with Crippen molar-refractivity contribution in [2.45, 2.75) is 0 Å². The molecule has 0 spiro atoms. The predicted molar refractivity (Wildman–Crippen MR) is 31.0 cm³/mol. The third kappa shape index (κ3) is 75.6. The molecule has 3 N–H and O–H groups in total. The molecule has 0 heterocycles. The maximum atomic E-state index is 8.88. The Hall–Kier alpha value is 3.96. The maximum Gasteiger partial charge on any atom is 1.00 e. The third-order valence-electron chi connectivity index (χ3n) is 0. The molecule has 0 aromatic heterocycles. The van der Waals surface area contributed by atoms with Crippen LogP contribution in [0.2, 0.25) is 0 Å². The summed E-state index contributed by atoms with van der Waals surface area (Å²) in [5.74, 6) is 0. The summed E-state index contributed by atoms with van der Waals surface area (Å²) in [4.78, 5) is 21.6. The normalized spacial score (nSPS) is 6.56. The van der Waals surface area contributed by atoms with E-state index in [1.54, 1.807) is 0 Å². The molecule has 0 radical (unpaired) electrons. The number of phosphoric acid groups is 1. The molecule has 9 heavy (non-hydrogen) atoms. The Kier molecular flexibility index (Phi) is 47.1. The van der Waals surface area contributed by atoms with Gasteiger partial charge in [0, 0.05) is 0 Å². The van der Waals surface area contributed by atoms with Gasteiger partial charge >= 0.3 is 111 Å². The minimum absolute atomic E-state index is 0. The zero-order valence-corrected chi connectivity index (χ0v) is 13.8. The first-order valence-electron chi connectivity index (χ1n) is 0.783. The fraction of sp³-hybridized carbons (Fsp3) is 0. The van der Waals surface area contributed by atoms with Crippen LogP contribution < -0.4 is 103 Å². The van der Waals surface area contributed by atoms with E-state index < -0.39 is 7.82 Å². The van der Waals surface area contributed by atoms with Crippen LogP contribution in [0, 0.1) is 0 Å². The quantitative estimate of drug-likeness (QED) is 0.296. The van der Waals surface area contributed by atoms with E-state index in [9.17, 15) is 0 Å². The Morgan fingerprint density at radius 3 is 1.00 bits per heavy atom. The van der Waals surface area contributed by atoms with Crippen molar-refractivity contribution >= 4 is 32.6 Å². The van der Waals surface area contributed by atoms with Crippen molar-refractivity contribution in [3.63, 3.8) is 0 Å². The van der Waals surface area contributed by atoms with Crippen molar-refractivity contribution in [1.29, 1.82) is 0 Å². The molecule has 0 fully saturated rings. The molecular formula is H7Cl2K2O4P. The Morgan fingerprint density at radius 1 is 1.00 bits per heavy atom. The monoisotopic (exact) mass is 250 g/mol. The number of rotatable bonds is 0. The largest absolute Gasteiger partial charge is 1.00 e. The van der Waals surface area contributed by atoms with Gasteiger partial charge in [-0.3, -0.25) is 0 Å². The van der Waals surface area contributed by atoms with Gasteiger partial charge in [0.1, 0.15) is 0 Å². The molecule has 0 saturated heterocycles. The summed E-state index contributed by atoms with van der Waals surface area (Å²) in [7, 11) is -4.64. The zero-order chi connectivity index (χ0) is 4.50. The van der Waals surface area contributed by atoms with E-state index in [1.165, 1.54) is 0 Å². The Labute approximate surface area is 153 Å². The van der Waals surface area contributed by atoms with Gasteiger partial charge in [-0.15, -0.1) is 24.8 Å². The zero-order valence-electron chi connectivity index (χ0n) is 7.01. The molecule has 0 rings (SSSR count). The van der Waals surface area contributed by atoms with E-state index >= 15 is 0 Å². The summed E-state index contributed by atoms with van der Waals surface area (Å²) in [6.07, 6.45) is 0. The molecule has 0 aromatic rings. The first-order valence-corrected chi connectivity index (χ1v) is 2.35. The Morgan fingerprint density at radius 2 is 1.00 bits per heavy atom. The van der Waals surface area contributed by atoms with Gasteiger partial charge in [-0.2, -0.15) is 0 Å². The summed E-state index contributed by atoms with van der Waals surface area (Å²) in [6, 6.07) is 0.